The van der Waals surface area contributed by atoms with E-state index in [9.17, 15) is 5.11 Å². The number of aliphatic hydroxyl groups is 1. The van der Waals surface area contributed by atoms with Crippen LogP contribution >= 0.6 is 0 Å². The summed E-state index contributed by atoms with van der Waals surface area (Å²) in [7, 11) is 1.88. The Morgan fingerprint density at radius 1 is 1.19 bits per heavy atom. The van der Waals surface area contributed by atoms with Crippen molar-refractivity contribution >= 4 is 0 Å². The molecule has 0 radical (unpaired) electrons. The Kier molecular flexibility index (Phi) is 4.86. The molecule has 136 valence electrons. The van der Waals surface area contributed by atoms with Crippen LogP contribution in [0.4, 0.5) is 0 Å². The van der Waals surface area contributed by atoms with E-state index in [4.69, 9.17) is 0 Å². The smallest absolute Gasteiger partial charge is 0.155 e. The second-order valence-electron chi connectivity index (χ2n) is 6.95. The van der Waals surface area contributed by atoms with Crippen molar-refractivity contribution in [2.45, 2.75) is 32.0 Å². The molecule has 1 aliphatic rings. The van der Waals surface area contributed by atoms with E-state index in [1.165, 1.54) is 11.3 Å². The molecule has 6 nitrogen and oxygen atoms in total. The predicted octanol–water partition coefficient (Wildman–Crippen LogP) is 2.15. The van der Waals surface area contributed by atoms with Crippen LogP contribution in [0.5, 0.6) is 0 Å². The molecule has 26 heavy (non-hydrogen) atoms. The lowest BCUT2D eigenvalue weighted by Gasteiger charge is -2.27. The number of hydrogen-bond acceptors (Lipinski definition) is 4. The van der Waals surface area contributed by atoms with Crippen LogP contribution in [0.1, 0.15) is 35.3 Å². The van der Waals surface area contributed by atoms with E-state index in [1.807, 2.05) is 28.6 Å². The maximum atomic E-state index is 10.6. The number of imidazole rings is 1. The lowest BCUT2D eigenvalue weighted by molar-refractivity contribution is 0.196. The van der Waals surface area contributed by atoms with Crippen LogP contribution in [0.25, 0.3) is 0 Å². The van der Waals surface area contributed by atoms with Gasteiger partial charge in [0, 0.05) is 32.5 Å². The van der Waals surface area contributed by atoms with Gasteiger partial charge in [0.25, 0.3) is 0 Å². The quantitative estimate of drug-likeness (QED) is 0.739. The number of aryl methyl sites for hydroxylation is 2. The molecule has 1 aromatic carbocycles. The van der Waals surface area contributed by atoms with Crippen molar-refractivity contribution in [3.63, 3.8) is 0 Å². The largest absolute Gasteiger partial charge is 0.379 e. The summed E-state index contributed by atoms with van der Waals surface area (Å²) in [6, 6.07) is 12.7. The van der Waals surface area contributed by atoms with Crippen molar-refractivity contribution in [3.8, 4) is 0 Å². The van der Waals surface area contributed by atoms with Gasteiger partial charge < -0.3 is 9.67 Å². The minimum Gasteiger partial charge on any atom is -0.379 e. The zero-order chi connectivity index (χ0) is 17.9. The maximum Gasteiger partial charge on any atom is 0.155 e. The normalized spacial score (nSPS) is 15.8. The van der Waals surface area contributed by atoms with Crippen molar-refractivity contribution < 1.29 is 5.11 Å². The summed E-state index contributed by atoms with van der Waals surface area (Å²) >= 11 is 0. The molecule has 0 saturated heterocycles. The SMILES string of the molecule is Cn1ccnc1[C@H](O)c1cc2n(n1)CCN(CCCc1ccccc1)C2. The van der Waals surface area contributed by atoms with Gasteiger partial charge >= 0.3 is 0 Å². The van der Waals surface area contributed by atoms with Crippen LogP contribution < -0.4 is 0 Å². The molecule has 4 rings (SSSR count). The first kappa shape index (κ1) is 17.0. The van der Waals surface area contributed by atoms with Gasteiger partial charge in [-0.1, -0.05) is 30.3 Å². The first-order valence-electron chi connectivity index (χ1n) is 9.19. The third-order valence-electron chi connectivity index (χ3n) is 5.06. The van der Waals surface area contributed by atoms with Gasteiger partial charge in [-0.3, -0.25) is 9.58 Å². The molecule has 0 spiro atoms. The summed E-state index contributed by atoms with van der Waals surface area (Å²) in [5.41, 5.74) is 3.25. The van der Waals surface area contributed by atoms with Crippen LogP contribution in [0.2, 0.25) is 0 Å². The molecule has 0 unspecified atom stereocenters. The number of aromatic nitrogens is 4. The molecule has 0 bridgehead atoms. The highest BCUT2D eigenvalue weighted by molar-refractivity contribution is 5.19. The molecule has 0 aliphatic carbocycles. The monoisotopic (exact) mass is 351 g/mol. The number of hydrogen-bond donors (Lipinski definition) is 1. The minimum atomic E-state index is -0.778. The first-order chi connectivity index (χ1) is 12.7. The Balaban J connectivity index is 1.37. The first-order valence-corrected chi connectivity index (χ1v) is 9.19. The molecule has 3 heterocycles. The molecular formula is C20H25N5O. The van der Waals surface area contributed by atoms with Crippen molar-refractivity contribution in [2.24, 2.45) is 7.05 Å². The van der Waals surface area contributed by atoms with E-state index in [2.05, 4.69) is 45.3 Å². The third kappa shape index (κ3) is 3.57. The number of rotatable bonds is 6. The van der Waals surface area contributed by atoms with Gasteiger partial charge in [0.1, 0.15) is 5.82 Å². The average molecular weight is 351 g/mol. The van der Waals surface area contributed by atoms with Gasteiger partial charge in [0.15, 0.2) is 6.10 Å². The van der Waals surface area contributed by atoms with Crippen molar-refractivity contribution in [3.05, 3.63) is 71.6 Å². The fourth-order valence-electron chi connectivity index (χ4n) is 3.59. The van der Waals surface area contributed by atoms with Crippen molar-refractivity contribution in [2.75, 3.05) is 13.1 Å². The molecular weight excluding hydrogens is 326 g/mol. The Morgan fingerprint density at radius 3 is 2.81 bits per heavy atom. The summed E-state index contributed by atoms with van der Waals surface area (Å²) in [5.74, 6) is 0.625. The molecule has 0 saturated carbocycles. The van der Waals surface area contributed by atoms with Crippen LogP contribution in [0.15, 0.2) is 48.8 Å². The summed E-state index contributed by atoms with van der Waals surface area (Å²) < 4.78 is 3.86. The van der Waals surface area contributed by atoms with E-state index in [0.29, 0.717) is 11.5 Å². The van der Waals surface area contributed by atoms with Gasteiger partial charge in [-0.05, 0) is 31.0 Å². The zero-order valence-electron chi connectivity index (χ0n) is 15.1. The second kappa shape index (κ2) is 7.43. The van der Waals surface area contributed by atoms with Crippen LogP contribution in [-0.2, 0) is 26.6 Å². The molecule has 6 heteroatoms. The molecule has 1 aliphatic heterocycles. The predicted molar refractivity (Wildman–Crippen MR) is 99.5 cm³/mol. The Bertz CT molecular complexity index is 854. The highest BCUT2D eigenvalue weighted by atomic mass is 16.3. The third-order valence-corrected chi connectivity index (χ3v) is 5.06. The molecule has 1 atom stereocenters. The Morgan fingerprint density at radius 2 is 2.04 bits per heavy atom. The summed E-state index contributed by atoms with van der Waals surface area (Å²) in [5, 5.41) is 15.2. The fraction of sp³-hybridized carbons (Fsp3) is 0.400. The molecule has 1 N–H and O–H groups in total. The average Bonchev–Trinajstić information content (AvgIpc) is 3.28. The zero-order valence-corrected chi connectivity index (χ0v) is 15.1. The van der Waals surface area contributed by atoms with Gasteiger partial charge in [0.05, 0.1) is 17.9 Å². The van der Waals surface area contributed by atoms with Crippen LogP contribution in [0, 0.1) is 0 Å². The van der Waals surface area contributed by atoms with Crippen LogP contribution in [0.3, 0.4) is 0 Å². The molecule has 2 aromatic heterocycles. The number of benzene rings is 1. The standard InChI is InChI=1S/C20H25N5O/c1-23-11-9-21-20(23)19(26)18-14-17-15-24(12-13-25(17)22-18)10-5-8-16-6-3-2-4-7-16/h2-4,6-7,9,11,14,19,26H,5,8,10,12-13,15H2,1H3/t19-/m1/s1. The summed E-state index contributed by atoms with van der Waals surface area (Å²) in [6.45, 7) is 3.84. The molecule has 0 amide bonds. The topological polar surface area (TPSA) is 59.1 Å². The number of aliphatic hydroxyl groups excluding tert-OH is 1. The van der Waals surface area contributed by atoms with Gasteiger partial charge in [-0.2, -0.15) is 5.10 Å². The van der Waals surface area contributed by atoms with E-state index in [1.54, 1.807) is 6.20 Å². The summed E-state index contributed by atoms with van der Waals surface area (Å²) in [4.78, 5) is 6.70. The van der Waals surface area contributed by atoms with E-state index in [-0.39, 0.29) is 0 Å². The molecule has 0 fully saturated rings. The maximum absolute atomic E-state index is 10.6. The second-order valence-corrected chi connectivity index (χ2v) is 6.95. The van der Waals surface area contributed by atoms with E-state index < -0.39 is 6.10 Å². The number of nitrogens with zero attached hydrogens (tertiary/aromatic N) is 5. The van der Waals surface area contributed by atoms with Gasteiger partial charge in [-0.25, -0.2) is 4.98 Å². The van der Waals surface area contributed by atoms with E-state index in [0.717, 1.165) is 39.0 Å². The lowest BCUT2D eigenvalue weighted by Crippen LogP contribution is -2.34. The van der Waals surface area contributed by atoms with Crippen molar-refractivity contribution in [1.82, 2.24) is 24.2 Å². The minimum absolute atomic E-state index is 0.625. The summed E-state index contributed by atoms with van der Waals surface area (Å²) in [6.07, 6.45) is 5.02. The van der Waals surface area contributed by atoms with Crippen LogP contribution in [-0.4, -0.2) is 42.4 Å². The van der Waals surface area contributed by atoms with Gasteiger partial charge in [-0.15, -0.1) is 0 Å². The highest BCUT2D eigenvalue weighted by Crippen LogP contribution is 2.22. The Hall–Kier alpha value is -2.44. The number of fused-ring (bicyclic) bond motifs is 1. The fourth-order valence-corrected chi connectivity index (χ4v) is 3.59. The van der Waals surface area contributed by atoms with E-state index >= 15 is 0 Å². The molecule has 3 aromatic rings. The van der Waals surface area contributed by atoms with Gasteiger partial charge in [0.2, 0.25) is 0 Å². The lowest BCUT2D eigenvalue weighted by atomic mass is 10.1. The Labute approximate surface area is 153 Å². The van der Waals surface area contributed by atoms with Crippen molar-refractivity contribution in [1.29, 1.82) is 0 Å². The highest BCUT2D eigenvalue weighted by Gasteiger charge is 2.23.